The Hall–Kier alpha value is -1.18. The molecule has 0 bridgehead atoms. The maximum atomic E-state index is 13.4. The number of halogens is 3. The quantitative estimate of drug-likeness (QED) is 0.337. The maximum absolute atomic E-state index is 13.4. The highest BCUT2D eigenvalue weighted by Gasteiger charge is 2.03. The average molecular weight is 395 g/mol. The van der Waals surface area contributed by atoms with Crippen molar-refractivity contribution >= 4 is 29.9 Å². The fraction of sp³-hybridized carbons (Fsp3) is 0.357. The largest absolute Gasteiger partial charge is 0.357 e. The van der Waals surface area contributed by atoms with Gasteiger partial charge in [-0.1, -0.05) is 6.08 Å². The summed E-state index contributed by atoms with van der Waals surface area (Å²) >= 11 is 0. The van der Waals surface area contributed by atoms with Crippen molar-refractivity contribution in [2.75, 3.05) is 19.6 Å². The normalized spacial score (nSPS) is 10.7. The summed E-state index contributed by atoms with van der Waals surface area (Å²) < 4.78 is 26.4. The molecule has 1 aromatic carbocycles. The second-order valence-corrected chi connectivity index (χ2v) is 3.92. The molecule has 0 aliphatic rings. The summed E-state index contributed by atoms with van der Waals surface area (Å²) in [6.07, 6.45) is 2.08. The molecule has 112 valence electrons. The fourth-order valence-electron chi connectivity index (χ4n) is 1.53. The number of hydrogen-bond donors (Lipinski definition) is 2. The Morgan fingerprint density at radius 3 is 2.75 bits per heavy atom. The van der Waals surface area contributed by atoms with Gasteiger partial charge in [-0.05, 0) is 37.1 Å². The third-order valence-electron chi connectivity index (χ3n) is 2.42. The standard InChI is InChI=1S/C14H19F2N3.HI/c1-3-8-18-14(17-4-2)19-9-7-11-10-12(15)5-6-13(11)16;/h3,5-6,10H,1,4,7-9H2,2H3,(H2,17,18,19);1H. The molecule has 0 aliphatic carbocycles. The Morgan fingerprint density at radius 1 is 1.35 bits per heavy atom. The molecule has 0 atom stereocenters. The molecule has 0 saturated carbocycles. The zero-order valence-corrected chi connectivity index (χ0v) is 13.8. The van der Waals surface area contributed by atoms with Crippen LogP contribution >= 0.6 is 24.0 Å². The van der Waals surface area contributed by atoms with Crippen LogP contribution < -0.4 is 10.6 Å². The second-order valence-electron chi connectivity index (χ2n) is 3.92. The van der Waals surface area contributed by atoms with Crippen LogP contribution in [0.1, 0.15) is 12.5 Å². The molecule has 0 aliphatic heterocycles. The van der Waals surface area contributed by atoms with Gasteiger partial charge in [0.1, 0.15) is 11.6 Å². The van der Waals surface area contributed by atoms with Gasteiger partial charge in [0, 0.05) is 19.6 Å². The van der Waals surface area contributed by atoms with Gasteiger partial charge in [-0.3, -0.25) is 4.99 Å². The highest BCUT2D eigenvalue weighted by atomic mass is 127. The van der Waals surface area contributed by atoms with Crippen LogP contribution in [-0.2, 0) is 6.42 Å². The van der Waals surface area contributed by atoms with Gasteiger partial charge in [-0.25, -0.2) is 8.78 Å². The van der Waals surface area contributed by atoms with Gasteiger partial charge in [-0.15, -0.1) is 30.6 Å². The SMILES string of the molecule is C=CCNC(=NCCc1cc(F)ccc1F)NCC.I. The predicted molar refractivity (Wildman–Crippen MR) is 89.7 cm³/mol. The highest BCUT2D eigenvalue weighted by Crippen LogP contribution is 2.10. The number of rotatable bonds is 6. The minimum Gasteiger partial charge on any atom is -0.357 e. The van der Waals surface area contributed by atoms with E-state index < -0.39 is 11.6 Å². The first-order valence-corrected chi connectivity index (χ1v) is 6.24. The van der Waals surface area contributed by atoms with Gasteiger partial charge in [-0.2, -0.15) is 0 Å². The molecule has 0 fully saturated rings. The predicted octanol–water partition coefficient (Wildman–Crippen LogP) is 2.87. The van der Waals surface area contributed by atoms with Crippen LogP contribution in [0.5, 0.6) is 0 Å². The van der Waals surface area contributed by atoms with Crippen molar-refractivity contribution in [3.63, 3.8) is 0 Å². The lowest BCUT2D eigenvalue weighted by Gasteiger charge is -2.09. The first kappa shape index (κ1) is 18.8. The summed E-state index contributed by atoms with van der Waals surface area (Å²) in [5.74, 6) is -0.197. The minimum absolute atomic E-state index is 0. The van der Waals surface area contributed by atoms with E-state index in [1.54, 1.807) is 6.08 Å². The van der Waals surface area contributed by atoms with Gasteiger partial charge >= 0.3 is 0 Å². The Morgan fingerprint density at radius 2 is 2.10 bits per heavy atom. The summed E-state index contributed by atoms with van der Waals surface area (Å²) in [5, 5.41) is 6.09. The zero-order valence-electron chi connectivity index (χ0n) is 11.5. The van der Waals surface area contributed by atoms with Crippen molar-refractivity contribution in [1.82, 2.24) is 10.6 Å². The van der Waals surface area contributed by atoms with Crippen molar-refractivity contribution in [3.05, 3.63) is 48.1 Å². The van der Waals surface area contributed by atoms with E-state index in [1.165, 1.54) is 6.07 Å². The number of benzene rings is 1. The van der Waals surface area contributed by atoms with Crippen LogP contribution in [0.4, 0.5) is 8.78 Å². The van der Waals surface area contributed by atoms with E-state index in [9.17, 15) is 8.78 Å². The van der Waals surface area contributed by atoms with E-state index in [-0.39, 0.29) is 24.0 Å². The fourth-order valence-corrected chi connectivity index (χ4v) is 1.53. The first-order chi connectivity index (χ1) is 9.17. The average Bonchev–Trinajstić information content (AvgIpc) is 2.40. The Balaban J connectivity index is 0.00000361. The molecule has 0 saturated heterocycles. The molecular weight excluding hydrogens is 375 g/mol. The first-order valence-electron chi connectivity index (χ1n) is 6.24. The summed E-state index contributed by atoms with van der Waals surface area (Å²) in [5.41, 5.74) is 0.336. The zero-order chi connectivity index (χ0) is 14.1. The lowest BCUT2D eigenvalue weighted by atomic mass is 10.1. The summed E-state index contributed by atoms with van der Waals surface area (Å²) in [7, 11) is 0. The Kier molecular flexibility index (Phi) is 9.96. The van der Waals surface area contributed by atoms with Crippen LogP contribution in [-0.4, -0.2) is 25.6 Å². The van der Waals surface area contributed by atoms with Crippen LogP contribution in [0.25, 0.3) is 0 Å². The van der Waals surface area contributed by atoms with Crippen molar-refractivity contribution in [2.45, 2.75) is 13.3 Å². The van der Waals surface area contributed by atoms with Crippen LogP contribution in [0.15, 0.2) is 35.8 Å². The van der Waals surface area contributed by atoms with Crippen molar-refractivity contribution in [3.8, 4) is 0 Å². The summed E-state index contributed by atoms with van der Waals surface area (Å²) in [6.45, 7) is 7.27. The van der Waals surface area contributed by atoms with E-state index in [1.807, 2.05) is 6.92 Å². The molecule has 1 rings (SSSR count). The topological polar surface area (TPSA) is 36.4 Å². The van der Waals surface area contributed by atoms with Crippen molar-refractivity contribution in [1.29, 1.82) is 0 Å². The number of aliphatic imine (C=N–C) groups is 1. The number of hydrogen-bond acceptors (Lipinski definition) is 1. The third-order valence-corrected chi connectivity index (χ3v) is 2.42. The lowest BCUT2D eigenvalue weighted by Crippen LogP contribution is -2.37. The molecule has 0 spiro atoms. The van der Waals surface area contributed by atoms with E-state index in [2.05, 4.69) is 22.2 Å². The van der Waals surface area contributed by atoms with Crippen molar-refractivity contribution < 1.29 is 8.78 Å². The highest BCUT2D eigenvalue weighted by molar-refractivity contribution is 14.0. The smallest absolute Gasteiger partial charge is 0.191 e. The number of nitrogens with one attached hydrogen (secondary N) is 2. The lowest BCUT2D eigenvalue weighted by molar-refractivity contribution is 0.585. The maximum Gasteiger partial charge on any atom is 0.191 e. The summed E-state index contributed by atoms with van der Waals surface area (Å²) in [4.78, 5) is 4.27. The van der Waals surface area contributed by atoms with Crippen molar-refractivity contribution in [2.24, 2.45) is 4.99 Å². The molecule has 0 radical (unpaired) electrons. The van der Waals surface area contributed by atoms with E-state index in [0.29, 0.717) is 31.0 Å². The van der Waals surface area contributed by atoms with E-state index >= 15 is 0 Å². The van der Waals surface area contributed by atoms with Gasteiger partial charge in [0.15, 0.2) is 5.96 Å². The molecule has 20 heavy (non-hydrogen) atoms. The molecule has 1 aromatic rings. The van der Waals surface area contributed by atoms with Crippen LogP contribution in [0.3, 0.4) is 0 Å². The van der Waals surface area contributed by atoms with Gasteiger partial charge in [0.25, 0.3) is 0 Å². The minimum atomic E-state index is -0.433. The molecule has 0 amide bonds. The van der Waals surface area contributed by atoms with E-state index in [4.69, 9.17) is 0 Å². The van der Waals surface area contributed by atoms with Gasteiger partial charge < -0.3 is 10.6 Å². The monoisotopic (exact) mass is 395 g/mol. The van der Waals surface area contributed by atoms with E-state index in [0.717, 1.165) is 18.7 Å². The summed E-state index contributed by atoms with van der Waals surface area (Å²) in [6, 6.07) is 3.45. The molecule has 6 heteroatoms. The number of guanidine groups is 1. The Bertz CT molecular complexity index is 450. The van der Waals surface area contributed by atoms with Crippen LogP contribution in [0.2, 0.25) is 0 Å². The third kappa shape index (κ3) is 6.83. The van der Waals surface area contributed by atoms with Crippen LogP contribution in [0, 0.1) is 11.6 Å². The number of nitrogens with zero attached hydrogens (tertiary/aromatic N) is 1. The molecule has 2 N–H and O–H groups in total. The molecule has 0 aromatic heterocycles. The molecule has 0 unspecified atom stereocenters. The molecule has 3 nitrogen and oxygen atoms in total. The van der Waals surface area contributed by atoms with Gasteiger partial charge in [0.2, 0.25) is 0 Å². The molecular formula is C14H20F2IN3. The molecule has 0 heterocycles. The Labute approximate surface area is 135 Å². The van der Waals surface area contributed by atoms with Gasteiger partial charge in [0.05, 0.1) is 0 Å². The second kappa shape index (κ2) is 10.6.